The van der Waals surface area contributed by atoms with Crippen LogP contribution in [0, 0.1) is 12.8 Å². The number of hydrogen-bond acceptors (Lipinski definition) is 2. The highest BCUT2D eigenvalue weighted by molar-refractivity contribution is 5.78. The highest BCUT2D eigenvalue weighted by atomic mass is 15.1. The Morgan fingerprint density at radius 2 is 1.71 bits per heavy atom. The minimum atomic E-state index is 0.516. The Morgan fingerprint density at radius 1 is 1.12 bits per heavy atom. The van der Waals surface area contributed by atoms with E-state index in [9.17, 15) is 0 Å². The predicted molar refractivity (Wildman–Crippen MR) is 73.2 cm³/mol. The van der Waals surface area contributed by atoms with Gasteiger partial charge in [-0.3, -0.25) is 5.10 Å². The molecule has 0 aromatic carbocycles. The molecule has 17 heavy (non-hydrogen) atoms. The Labute approximate surface area is 104 Å². The van der Waals surface area contributed by atoms with Gasteiger partial charge in [-0.05, 0) is 30.4 Å². The second-order valence-corrected chi connectivity index (χ2v) is 5.37. The van der Waals surface area contributed by atoms with Crippen molar-refractivity contribution in [3.63, 3.8) is 0 Å². The van der Waals surface area contributed by atoms with Gasteiger partial charge in [0.2, 0.25) is 0 Å². The Hall–Kier alpha value is -1.38. The lowest BCUT2D eigenvalue weighted by atomic mass is 10.0. The van der Waals surface area contributed by atoms with Crippen molar-refractivity contribution in [2.45, 2.75) is 47.5 Å². The van der Waals surface area contributed by atoms with E-state index in [-0.39, 0.29) is 0 Å². The maximum Gasteiger partial charge on any atom is 0.155 e. The van der Waals surface area contributed by atoms with Crippen molar-refractivity contribution in [3.05, 3.63) is 23.5 Å². The summed E-state index contributed by atoms with van der Waals surface area (Å²) in [5.41, 5.74) is 3.25. The predicted octanol–water partition coefficient (Wildman–Crippen LogP) is 4.05. The maximum absolute atomic E-state index is 4.36. The van der Waals surface area contributed by atoms with E-state index in [1.807, 2.05) is 13.1 Å². The van der Waals surface area contributed by atoms with Crippen LogP contribution in [-0.2, 0) is 0 Å². The number of hydrogen-bond donors (Lipinski definition) is 1. The van der Waals surface area contributed by atoms with Gasteiger partial charge < -0.3 is 0 Å². The molecule has 2 heterocycles. The number of rotatable bonds is 1. The second kappa shape index (κ2) is 5.80. The molecular formula is C14H23N3. The van der Waals surface area contributed by atoms with Crippen LogP contribution in [0.25, 0.3) is 11.0 Å². The fraction of sp³-hybridized carbons (Fsp3) is 0.571. The third-order valence-electron chi connectivity index (χ3n) is 2.20. The van der Waals surface area contributed by atoms with Gasteiger partial charge in [-0.15, -0.1) is 0 Å². The SMILES string of the molecule is CC(C)C.Cc1cc(C(C)C)c2cn[nH]c2n1. The normalized spacial score (nSPS) is 10.8. The van der Waals surface area contributed by atoms with Crippen molar-refractivity contribution in [2.24, 2.45) is 5.92 Å². The fourth-order valence-electron chi connectivity index (χ4n) is 1.56. The maximum atomic E-state index is 4.36. The van der Waals surface area contributed by atoms with E-state index in [0.29, 0.717) is 5.92 Å². The van der Waals surface area contributed by atoms with Crippen LogP contribution in [0.5, 0.6) is 0 Å². The van der Waals surface area contributed by atoms with Crippen molar-refractivity contribution in [2.75, 3.05) is 0 Å². The van der Waals surface area contributed by atoms with Gasteiger partial charge in [0, 0.05) is 11.1 Å². The average molecular weight is 233 g/mol. The summed E-state index contributed by atoms with van der Waals surface area (Å²) in [6, 6.07) is 2.13. The van der Waals surface area contributed by atoms with E-state index in [1.54, 1.807) is 0 Å². The van der Waals surface area contributed by atoms with Crippen molar-refractivity contribution in [3.8, 4) is 0 Å². The molecule has 2 aromatic heterocycles. The summed E-state index contributed by atoms with van der Waals surface area (Å²) in [6.07, 6.45) is 1.84. The molecule has 2 rings (SSSR count). The first-order valence-electron chi connectivity index (χ1n) is 6.22. The van der Waals surface area contributed by atoms with Crippen molar-refractivity contribution in [1.29, 1.82) is 0 Å². The molecule has 0 spiro atoms. The summed E-state index contributed by atoms with van der Waals surface area (Å²) < 4.78 is 0. The third kappa shape index (κ3) is 3.84. The lowest BCUT2D eigenvalue weighted by Crippen LogP contribution is -1.92. The largest absolute Gasteiger partial charge is 0.261 e. The number of pyridine rings is 1. The number of fused-ring (bicyclic) bond motifs is 1. The quantitative estimate of drug-likeness (QED) is 0.807. The summed E-state index contributed by atoms with van der Waals surface area (Å²) >= 11 is 0. The zero-order chi connectivity index (χ0) is 13.0. The first kappa shape index (κ1) is 13.7. The van der Waals surface area contributed by atoms with Crippen LogP contribution in [0.4, 0.5) is 0 Å². The summed E-state index contributed by atoms with van der Waals surface area (Å²) in [6.45, 7) is 12.9. The molecule has 0 aliphatic carbocycles. The topological polar surface area (TPSA) is 41.6 Å². The smallest absolute Gasteiger partial charge is 0.155 e. The molecule has 0 saturated carbocycles. The van der Waals surface area contributed by atoms with E-state index >= 15 is 0 Å². The molecule has 2 aromatic rings. The van der Waals surface area contributed by atoms with Gasteiger partial charge in [-0.25, -0.2) is 4.98 Å². The van der Waals surface area contributed by atoms with Gasteiger partial charge >= 0.3 is 0 Å². The number of aromatic amines is 1. The van der Waals surface area contributed by atoms with Crippen LogP contribution in [0.1, 0.15) is 51.8 Å². The Balaban J connectivity index is 0.000000317. The molecule has 0 aliphatic heterocycles. The van der Waals surface area contributed by atoms with Crippen LogP contribution in [-0.4, -0.2) is 15.2 Å². The van der Waals surface area contributed by atoms with E-state index in [2.05, 4.69) is 55.9 Å². The molecule has 0 atom stereocenters. The molecule has 0 fully saturated rings. The van der Waals surface area contributed by atoms with Gasteiger partial charge in [0.1, 0.15) is 0 Å². The molecule has 0 saturated heterocycles. The zero-order valence-electron chi connectivity index (χ0n) is 11.7. The number of H-pyrrole nitrogens is 1. The number of nitrogens with one attached hydrogen (secondary N) is 1. The summed E-state index contributed by atoms with van der Waals surface area (Å²) in [5.74, 6) is 1.35. The van der Waals surface area contributed by atoms with Crippen LogP contribution in [0.15, 0.2) is 12.3 Å². The van der Waals surface area contributed by atoms with E-state index in [4.69, 9.17) is 0 Å². The van der Waals surface area contributed by atoms with Crippen LogP contribution in [0.2, 0.25) is 0 Å². The molecule has 0 unspecified atom stereocenters. The zero-order valence-corrected chi connectivity index (χ0v) is 11.7. The minimum Gasteiger partial charge on any atom is -0.261 e. The minimum absolute atomic E-state index is 0.516. The summed E-state index contributed by atoms with van der Waals surface area (Å²) in [5, 5.41) is 8.03. The van der Waals surface area contributed by atoms with Gasteiger partial charge in [0.25, 0.3) is 0 Å². The molecule has 3 nitrogen and oxygen atoms in total. The number of aromatic nitrogens is 3. The molecule has 0 amide bonds. The highest BCUT2D eigenvalue weighted by Gasteiger charge is 2.08. The number of nitrogens with zero attached hydrogens (tertiary/aromatic N) is 2. The van der Waals surface area contributed by atoms with Gasteiger partial charge in [0.05, 0.1) is 6.20 Å². The summed E-state index contributed by atoms with van der Waals surface area (Å²) in [4.78, 5) is 4.36. The molecule has 94 valence electrons. The van der Waals surface area contributed by atoms with Crippen LogP contribution >= 0.6 is 0 Å². The van der Waals surface area contributed by atoms with E-state index < -0.39 is 0 Å². The van der Waals surface area contributed by atoms with E-state index in [0.717, 1.165) is 22.6 Å². The second-order valence-electron chi connectivity index (χ2n) is 5.37. The molecule has 3 heteroatoms. The van der Waals surface area contributed by atoms with E-state index in [1.165, 1.54) is 5.56 Å². The molecule has 1 N–H and O–H groups in total. The first-order chi connectivity index (χ1) is 7.91. The van der Waals surface area contributed by atoms with Crippen molar-refractivity contribution >= 4 is 11.0 Å². The van der Waals surface area contributed by atoms with Crippen molar-refractivity contribution in [1.82, 2.24) is 15.2 Å². The molecule has 0 bridgehead atoms. The van der Waals surface area contributed by atoms with Gasteiger partial charge in [-0.2, -0.15) is 5.10 Å². The standard InChI is InChI=1S/C10H13N3.C4H10/c1-6(2)8-4-7(3)12-10-9(8)5-11-13-10;1-4(2)3/h4-6H,1-3H3,(H,11,12,13);4H,1-3H3. The van der Waals surface area contributed by atoms with Gasteiger partial charge in [-0.1, -0.05) is 34.6 Å². The monoisotopic (exact) mass is 233 g/mol. The van der Waals surface area contributed by atoms with Crippen LogP contribution in [0.3, 0.4) is 0 Å². The third-order valence-corrected chi connectivity index (χ3v) is 2.20. The Kier molecular flexibility index (Phi) is 4.67. The average Bonchev–Trinajstić information content (AvgIpc) is 2.62. The fourth-order valence-corrected chi connectivity index (χ4v) is 1.56. The lowest BCUT2D eigenvalue weighted by molar-refractivity contribution is 0.737. The van der Waals surface area contributed by atoms with Crippen molar-refractivity contribution < 1.29 is 0 Å². The number of aryl methyl sites for hydroxylation is 1. The molecule has 0 radical (unpaired) electrons. The molecule has 0 aliphatic rings. The summed E-state index contributed by atoms with van der Waals surface area (Å²) in [7, 11) is 0. The first-order valence-corrected chi connectivity index (χ1v) is 6.22. The Morgan fingerprint density at radius 3 is 2.24 bits per heavy atom. The van der Waals surface area contributed by atoms with Gasteiger partial charge in [0.15, 0.2) is 5.65 Å². The molecular weight excluding hydrogens is 210 g/mol. The van der Waals surface area contributed by atoms with Crippen LogP contribution < -0.4 is 0 Å². The Bertz CT molecular complexity index is 467. The highest BCUT2D eigenvalue weighted by Crippen LogP contribution is 2.23. The lowest BCUT2D eigenvalue weighted by Gasteiger charge is -2.06.